The van der Waals surface area contributed by atoms with Crippen LogP contribution in [0.1, 0.15) is 15.9 Å². The number of hydrogen-bond acceptors (Lipinski definition) is 6. The molecule has 0 saturated carbocycles. The van der Waals surface area contributed by atoms with Gasteiger partial charge in [0, 0.05) is 5.56 Å². The first-order valence-corrected chi connectivity index (χ1v) is 7.93. The zero-order chi connectivity index (χ0) is 18.9. The average molecular weight is 359 g/mol. The third-order valence-corrected chi connectivity index (χ3v) is 3.64. The molecule has 2 aromatic carbocycles. The molecule has 0 bridgehead atoms. The van der Waals surface area contributed by atoms with Crippen molar-refractivity contribution < 1.29 is 28.9 Å². The number of nitrogens with one attached hydrogen (secondary N) is 1. The van der Waals surface area contributed by atoms with Crippen molar-refractivity contribution in [2.45, 2.75) is 12.6 Å². The SMILES string of the molecule is COC(=O)[C@@H](CO)NC(=O)c1ccc(OCc2ccccc2)c(OC)c1. The van der Waals surface area contributed by atoms with Gasteiger partial charge in [-0.2, -0.15) is 0 Å². The Morgan fingerprint density at radius 1 is 1.08 bits per heavy atom. The number of benzene rings is 2. The molecule has 0 aliphatic heterocycles. The summed E-state index contributed by atoms with van der Waals surface area (Å²) in [6, 6.07) is 13.2. The Kier molecular flexibility index (Phi) is 6.99. The van der Waals surface area contributed by atoms with Gasteiger partial charge in [0.2, 0.25) is 0 Å². The molecule has 1 atom stereocenters. The number of carbonyl (C=O) groups excluding carboxylic acids is 2. The fraction of sp³-hybridized carbons (Fsp3) is 0.263. The summed E-state index contributed by atoms with van der Waals surface area (Å²) in [5.41, 5.74) is 1.26. The monoisotopic (exact) mass is 359 g/mol. The van der Waals surface area contributed by atoms with Gasteiger partial charge in [-0.1, -0.05) is 30.3 Å². The van der Waals surface area contributed by atoms with Crippen molar-refractivity contribution in [1.82, 2.24) is 5.32 Å². The summed E-state index contributed by atoms with van der Waals surface area (Å²) in [5, 5.41) is 11.6. The second-order valence-electron chi connectivity index (χ2n) is 5.37. The van der Waals surface area contributed by atoms with Crippen molar-refractivity contribution in [3.05, 3.63) is 59.7 Å². The minimum atomic E-state index is -1.13. The maximum atomic E-state index is 12.3. The van der Waals surface area contributed by atoms with Crippen LogP contribution in [0.2, 0.25) is 0 Å². The summed E-state index contributed by atoms with van der Waals surface area (Å²) in [5.74, 6) is -0.398. The number of methoxy groups -OCH3 is 2. The summed E-state index contributed by atoms with van der Waals surface area (Å²) >= 11 is 0. The van der Waals surface area contributed by atoms with E-state index in [-0.39, 0.29) is 5.56 Å². The van der Waals surface area contributed by atoms with E-state index in [1.54, 1.807) is 12.1 Å². The fourth-order valence-corrected chi connectivity index (χ4v) is 2.23. The van der Waals surface area contributed by atoms with Gasteiger partial charge in [0.1, 0.15) is 6.61 Å². The average Bonchev–Trinajstić information content (AvgIpc) is 2.70. The number of amides is 1. The fourth-order valence-electron chi connectivity index (χ4n) is 2.23. The number of hydrogen-bond donors (Lipinski definition) is 2. The Labute approximate surface area is 151 Å². The number of carbonyl (C=O) groups is 2. The molecule has 7 heteroatoms. The van der Waals surface area contributed by atoms with E-state index in [1.807, 2.05) is 30.3 Å². The number of ether oxygens (including phenoxy) is 3. The molecule has 2 aromatic rings. The van der Waals surface area contributed by atoms with Crippen molar-refractivity contribution in [3.63, 3.8) is 0 Å². The highest BCUT2D eigenvalue weighted by molar-refractivity contribution is 5.97. The quantitative estimate of drug-likeness (QED) is 0.695. The molecule has 2 N–H and O–H groups in total. The van der Waals surface area contributed by atoms with Gasteiger partial charge in [-0.15, -0.1) is 0 Å². The van der Waals surface area contributed by atoms with Gasteiger partial charge in [-0.05, 0) is 23.8 Å². The van der Waals surface area contributed by atoms with Crippen LogP contribution >= 0.6 is 0 Å². The molecule has 0 fully saturated rings. The maximum Gasteiger partial charge on any atom is 0.330 e. The summed E-state index contributed by atoms with van der Waals surface area (Å²) in [7, 11) is 2.65. The normalized spacial score (nSPS) is 11.3. The van der Waals surface area contributed by atoms with Crippen molar-refractivity contribution in [2.75, 3.05) is 20.8 Å². The zero-order valence-corrected chi connectivity index (χ0v) is 14.6. The van der Waals surface area contributed by atoms with Crippen LogP contribution in [-0.4, -0.2) is 43.9 Å². The lowest BCUT2D eigenvalue weighted by atomic mass is 10.1. The molecule has 0 aromatic heterocycles. The predicted molar refractivity (Wildman–Crippen MR) is 94.1 cm³/mol. The van der Waals surface area contributed by atoms with Gasteiger partial charge >= 0.3 is 5.97 Å². The highest BCUT2D eigenvalue weighted by Gasteiger charge is 2.21. The Hall–Kier alpha value is -3.06. The van der Waals surface area contributed by atoms with Crippen LogP contribution in [0.5, 0.6) is 11.5 Å². The third-order valence-electron chi connectivity index (χ3n) is 3.64. The van der Waals surface area contributed by atoms with Crippen molar-refractivity contribution >= 4 is 11.9 Å². The summed E-state index contributed by atoms with van der Waals surface area (Å²) < 4.78 is 15.5. The smallest absolute Gasteiger partial charge is 0.330 e. The Morgan fingerprint density at radius 3 is 2.42 bits per heavy atom. The second kappa shape index (κ2) is 9.43. The second-order valence-corrected chi connectivity index (χ2v) is 5.37. The minimum Gasteiger partial charge on any atom is -0.493 e. The maximum absolute atomic E-state index is 12.3. The van der Waals surface area contributed by atoms with E-state index in [0.717, 1.165) is 5.56 Å². The topological polar surface area (TPSA) is 94.1 Å². The standard InChI is InChI=1S/C19H21NO6/c1-24-17-10-14(18(22)20-15(11-21)19(23)25-2)8-9-16(17)26-12-13-6-4-3-5-7-13/h3-10,15,21H,11-12H2,1-2H3,(H,20,22)/t15-/m1/s1. The number of esters is 1. The molecule has 26 heavy (non-hydrogen) atoms. The molecule has 1 amide bonds. The molecular weight excluding hydrogens is 338 g/mol. The first kappa shape index (κ1) is 19.3. The molecule has 0 aliphatic carbocycles. The molecule has 7 nitrogen and oxygen atoms in total. The van der Waals surface area contributed by atoms with E-state index < -0.39 is 24.5 Å². The lowest BCUT2D eigenvalue weighted by Gasteiger charge is -2.15. The minimum absolute atomic E-state index is 0.260. The lowest BCUT2D eigenvalue weighted by molar-refractivity contribution is -0.143. The molecule has 0 radical (unpaired) electrons. The molecule has 0 spiro atoms. The van der Waals surface area contributed by atoms with Gasteiger partial charge in [0.05, 0.1) is 20.8 Å². The van der Waals surface area contributed by atoms with Crippen LogP contribution in [-0.2, 0) is 16.1 Å². The van der Waals surface area contributed by atoms with Gasteiger partial charge in [-0.25, -0.2) is 4.79 Å². The highest BCUT2D eigenvalue weighted by Crippen LogP contribution is 2.28. The predicted octanol–water partition coefficient (Wildman–Crippen LogP) is 1.54. The van der Waals surface area contributed by atoms with E-state index in [4.69, 9.17) is 9.47 Å². The highest BCUT2D eigenvalue weighted by atomic mass is 16.5. The van der Waals surface area contributed by atoms with E-state index in [0.29, 0.717) is 18.1 Å². The summed E-state index contributed by atoms with van der Waals surface area (Å²) in [6.07, 6.45) is 0. The van der Waals surface area contributed by atoms with E-state index >= 15 is 0 Å². The molecular formula is C19H21NO6. The van der Waals surface area contributed by atoms with Crippen molar-refractivity contribution in [2.24, 2.45) is 0 Å². The molecule has 0 aliphatic rings. The molecule has 138 valence electrons. The Balaban J connectivity index is 2.09. The number of aliphatic hydroxyl groups excluding tert-OH is 1. The molecule has 0 unspecified atom stereocenters. The largest absolute Gasteiger partial charge is 0.493 e. The zero-order valence-electron chi connectivity index (χ0n) is 14.6. The lowest BCUT2D eigenvalue weighted by Crippen LogP contribution is -2.44. The van der Waals surface area contributed by atoms with Crippen LogP contribution < -0.4 is 14.8 Å². The van der Waals surface area contributed by atoms with Crippen LogP contribution in [0.25, 0.3) is 0 Å². The van der Waals surface area contributed by atoms with Crippen LogP contribution in [0.4, 0.5) is 0 Å². The van der Waals surface area contributed by atoms with E-state index in [1.165, 1.54) is 20.3 Å². The van der Waals surface area contributed by atoms with Crippen LogP contribution in [0, 0.1) is 0 Å². The number of aliphatic hydroxyl groups is 1. The first-order chi connectivity index (χ1) is 12.6. The Bertz CT molecular complexity index is 747. The van der Waals surface area contributed by atoms with Crippen molar-refractivity contribution in [1.29, 1.82) is 0 Å². The van der Waals surface area contributed by atoms with Gasteiger partial charge in [0.25, 0.3) is 5.91 Å². The van der Waals surface area contributed by atoms with Gasteiger partial charge in [0.15, 0.2) is 17.5 Å². The molecule has 0 saturated heterocycles. The third kappa shape index (κ3) is 4.97. The molecule has 2 rings (SSSR count). The van der Waals surface area contributed by atoms with Crippen LogP contribution in [0.15, 0.2) is 48.5 Å². The summed E-state index contributed by atoms with van der Waals surface area (Å²) in [4.78, 5) is 23.7. The van der Waals surface area contributed by atoms with E-state index in [9.17, 15) is 14.7 Å². The first-order valence-electron chi connectivity index (χ1n) is 7.93. The summed E-state index contributed by atoms with van der Waals surface area (Å²) in [6.45, 7) is -0.203. The number of rotatable bonds is 8. The van der Waals surface area contributed by atoms with Crippen molar-refractivity contribution in [3.8, 4) is 11.5 Å². The van der Waals surface area contributed by atoms with Gasteiger partial charge < -0.3 is 24.6 Å². The van der Waals surface area contributed by atoms with Gasteiger partial charge in [-0.3, -0.25) is 4.79 Å². The Morgan fingerprint density at radius 2 is 1.81 bits per heavy atom. The van der Waals surface area contributed by atoms with E-state index in [2.05, 4.69) is 10.1 Å². The molecule has 0 heterocycles. The van der Waals surface area contributed by atoms with Crippen LogP contribution in [0.3, 0.4) is 0 Å².